The Morgan fingerprint density at radius 1 is 1.32 bits per heavy atom. The van der Waals surface area contributed by atoms with Crippen molar-refractivity contribution in [3.8, 4) is 0 Å². The molecule has 0 radical (unpaired) electrons. The van der Waals surface area contributed by atoms with Gasteiger partial charge in [-0.05, 0) is 30.9 Å². The number of carbonyl (C=O) groups excluding carboxylic acids is 1. The van der Waals surface area contributed by atoms with Crippen LogP contribution in [0.15, 0.2) is 36.9 Å². The van der Waals surface area contributed by atoms with E-state index in [4.69, 9.17) is 0 Å². The summed E-state index contributed by atoms with van der Waals surface area (Å²) >= 11 is 0. The molecule has 19 heavy (non-hydrogen) atoms. The van der Waals surface area contributed by atoms with Crippen molar-refractivity contribution in [3.05, 3.63) is 42.5 Å². The van der Waals surface area contributed by atoms with Crippen LogP contribution in [0.1, 0.15) is 45.1 Å². The molecule has 2 nitrogen and oxygen atoms in total. The van der Waals surface area contributed by atoms with E-state index >= 15 is 0 Å². The lowest BCUT2D eigenvalue weighted by Crippen LogP contribution is -2.23. The second kappa shape index (κ2) is 8.52. The van der Waals surface area contributed by atoms with Gasteiger partial charge in [-0.15, -0.1) is 6.58 Å². The van der Waals surface area contributed by atoms with Crippen molar-refractivity contribution in [1.82, 2.24) is 0 Å². The molecule has 1 aromatic carbocycles. The quantitative estimate of drug-likeness (QED) is 0.681. The van der Waals surface area contributed by atoms with Gasteiger partial charge < -0.3 is 5.32 Å². The van der Waals surface area contributed by atoms with Crippen LogP contribution in [0.5, 0.6) is 0 Å². The Morgan fingerprint density at radius 3 is 2.68 bits per heavy atom. The van der Waals surface area contributed by atoms with Crippen LogP contribution in [0.25, 0.3) is 0 Å². The highest BCUT2D eigenvalue weighted by Gasteiger charge is 2.16. The number of benzene rings is 1. The van der Waals surface area contributed by atoms with Crippen molar-refractivity contribution in [1.29, 1.82) is 0 Å². The highest BCUT2D eigenvalue weighted by atomic mass is 16.1. The molecule has 1 rings (SSSR count). The number of nitrogens with one attached hydrogen (secondary N) is 1. The number of aryl methyl sites for hydroxylation is 1. The fourth-order valence-electron chi connectivity index (χ4n) is 2.27. The van der Waals surface area contributed by atoms with Crippen molar-refractivity contribution in [2.45, 2.75) is 46.0 Å². The largest absolute Gasteiger partial charge is 0.326 e. The van der Waals surface area contributed by atoms with Gasteiger partial charge in [-0.2, -0.15) is 0 Å². The predicted octanol–water partition coefficient (Wildman–Crippen LogP) is 4.57. The van der Waals surface area contributed by atoms with Crippen molar-refractivity contribution >= 4 is 11.6 Å². The Labute approximate surface area is 116 Å². The van der Waals surface area contributed by atoms with Crippen molar-refractivity contribution in [2.75, 3.05) is 5.32 Å². The maximum Gasteiger partial charge on any atom is 0.227 e. The van der Waals surface area contributed by atoms with E-state index in [1.54, 1.807) is 0 Å². The van der Waals surface area contributed by atoms with Gasteiger partial charge in [0.1, 0.15) is 0 Å². The van der Waals surface area contributed by atoms with Crippen molar-refractivity contribution < 1.29 is 4.79 Å². The number of allylic oxidation sites excluding steroid dienone is 1. The average molecular weight is 259 g/mol. The number of amides is 1. The monoisotopic (exact) mass is 259 g/mol. The van der Waals surface area contributed by atoms with Crippen LogP contribution in [-0.2, 0) is 11.2 Å². The molecule has 104 valence electrons. The highest BCUT2D eigenvalue weighted by Crippen LogP contribution is 2.20. The lowest BCUT2D eigenvalue weighted by atomic mass is 9.98. The molecule has 0 saturated heterocycles. The molecule has 0 saturated carbocycles. The zero-order chi connectivity index (χ0) is 14.1. The zero-order valence-electron chi connectivity index (χ0n) is 12.1. The average Bonchev–Trinajstić information content (AvgIpc) is 2.41. The van der Waals surface area contributed by atoms with Crippen LogP contribution in [0.2, 0.25) is 0 Å². The first-order valence-corrected chi connectivity index (χ1v) is 7.22. The molecule has 0 bridgehead atoms. The maximum atomic E-state index is 12.3. The standard InChI is InChI=1S/C17H25NO/c1-4-9-14-12-7-8-13-16(14)18-17(19)15(10-5-2)11-6-3/h5,7-8,12-13,15H,2,4,6,9-11H2,1,3H3,(H,18,19). The molecule has 1 aromatic rings. The van der Waals surface area contributed by atoms with Crippen LogP contribution in [0, 0.1) is 5.92 Å². The number of anilines is 1. The third-order valence-corrected chi connectivity index (χ3v) is 3.25. The molecule has 0 aliphatic heterocycles. The van der Waals surface area contributed by atoms with E-state index in [-0.39, 0.29) is 11.8 Å². The molecular formula is C17H25NO. The minimum Gasteiger partial charge on any atom is -0.326 e. The van der Waals surface area contributed by atoms with Gasteiger partial charge in [-0.25, -0.2) is 0 Å². The summed E-state index contributed by atoms with van der Waals surface area (Å²) in [5, 5.41) is 3.08. The zero-order valence-corrected chi connectivity index (χ0v) is 12.1. The third kappa shape index (κ3) is 4.90. The van der Waals surface area contributed by atoms with Gasteiger partial charge in [0.2, 0.25) is 5.91 Å². The SMILES string of the molecule is C=CCC(CCC)C(=O)Nc1ccccc1CCC. The minimum atomic E-state index is 0.0391. The molecule has 0 aliphatic carbocycles. The first-order chi connectivity index (χ1) is 9.22. The Balaban J connectivity index is 2.76. The summed E-state index contributed by atoms with van der Waals surface area (Å²) in [4.78, 5) is 12.3. The smallest absolute Gasteiger partial charge is 0.227 e. The van der Waals surface area contributed by atoms with E-state index in [2.05, 4.69) is 31.8 Å². The van der Waals surface area contributed by atoms with E-state index in [0.717, 1.165) is 37.8 Å². The molecule has 1 amide bonds. The van der Waals surface area contributed by atoms with Crippen molar-refractivity contribution in [2.24, 2.45) is 5.92 Å². The molecule has 0 aliphatic rings. The van der Waals surface area contributed by atoms with Gasteiger partial charge >= 0.3 is 0 Å². The van der Waals surface area contributed by atoms with E-state index in [9.17, 15) is 4.79 Å². The summed E-state index contributed by atoms with van der Waals surface area (Å²) in [7, 11) is 0. The number of carbonyl (C=O) groups is 1. The Bertz CT molecular complexity index is 411. The molecular weight excluding hydrogens is 234 g/mol. The summed E-state index contributed by atoms with van der Waals surface area (Å²) in [6.45, 7) is 7.99. The Kier molecular flexibility index (Phi) is 6.94. The Hall–Kier alpha value is -1.57. The normalized spacial score (nSPS) is 11.9. The van der Waals surface area contributed by atoms with Crippen LogP contribution in [0.3, 0.4) is 0 Å². The second-order valence-electron chi connectivity index (χ2n) is 4.91. The number of hydrogen-bond acceptors (Lipinski definition) is 1. The summed E-state index contributed by atoms with van der Waals surface area (Å²) in [5.41, 5.74) is 2.17. The first kappa shape index (κ1) is 15.5. The maximum absolute atomic E-state index is 12.3. The highest BCUT2D eigenvalue weighted by molar-refractivity contribution is 5.93. The number of hydrogen-bond donors (Lipinski definition) is 1. The van der Waals surface area contributed by atoms with E-state index in [1.165, 1.54) is 5.56 Å². The van der Waals surface area contributed by atoms with Gasteiger partial charge in [0.15, 0.2) is 0 Å². The minimum absolute atomic E-state index is 0.0391. The first-order valence-electron chi connectivity index (χ1n) is 7.22. The van der Waals surface area contributed by atoms with Crippen LogP contribution in [0.4, 0.5) is 5.69 Å². The molecule has 1 N–H and O–H groups in total. The summed E-state index contributed by atoms with van der Waals surface area (Å²) in [6, 6.07) is 8.06. The summed E-state index contributed by atoms with van der Waals surface area (Å²) in [6.07, 6.45) is 6.58. The van der Waals surface area contributed by atoms with Gasteiger partial charge in [0.25, 0.3) is 0 Å². The Morgan fingerprint density at radius 2 is 2.05 bits per heavy atom. The van der Waals surface area contributed by atoms with E-state index in [0.29, 0.717) is 0 Å². The molecule has 0 aromatic heterocycles. The van der Waals surface area contributed by atoms with Gasteiger partial charge in [0, 0.05) is 11.6 Å². The van der Waals surface area contributed by atoms with Gasteiger partial charge in [-0.1, -0.05) is 51.0 Å². The topological polar surface area (TPSA) is 29.1 Å². The van der Waals surface area contributed by atoms with Crippen molar-refractivity contribution in [3.63, 3.8) is 0 Å². The lowest BCUT2D eigenvalue weighted by Gasteiger charge is -2.16. The number of para-hydroxylation sites is 1. The van der Waals surface area contributed by atoms with Gasteiger partial charge in [0.05, 0.1) is 0 Å². The number of rotatable bonds is 8. The molecule has 1 atom stereocenters. The lowest BCUT2D eigenvalue weighted by molar-refractivity contribution is -0.120. The summed E-state index contributed by atoms with van der Waals surface area (Å²) in [5.74, 6) is 0.155. The van der Waals surface area contributed by atoms with E-state index < -0.39 is 0 Å². The van der Waals surface area contributed by atoms with Crippen LogP contribution in [-0.4, -0.2) is 5.91 Å². The van der Waals surface area contributed by atoms with Gasteiger partial charge in [-0.3, -0.25) is 4.79 Å². The molecule has 1 unspecified atom stereocenters. The van der Waals surface area contributed by atoms with Crippen LogP contribution >= 0.6 is 0 Å². The predicted molar refractivity (Wildman–Crippen MR) is 82.3 cm³/mol. The summed E-state index contributed by atoms with van der Waals surface area (Å²) < 4.78 is 0. The van der Waals surface area contributed by atoms with E-state index in [1.807, 2.05) is 24.3 Å². The fraction of sp³-hybridized carbons (Fsp3) is 0.471. The molecule has 0 spiro atoms. The molecule has 2 heteroatoms. The second-order valence-corrected chi connectivity index (χ2v) is 4.91. The molecule has 0 fully saturated rings. The van der Waals surface area contributed by atoms with Crippen LogP contribution < -0.4 is 5.32 Å². The third-order valence-electron chi connectivity index (χ3n) is 3.25. The molecule has 0 heterocycles. The fourth-order valence-corrected chi connectivity index (χ4v) is 2.27.